The quantitative estimate of drug-likeness (QED) is 0.491. The van der Waals surface area contributed by atoms with Crippen molar-refractivity contribution in [2.24, 2.45) is 0 Å². The van der Waals surface area contributed by atoms with E-state index >= 15 is 0 Å². The second kappa shape index (κ2) is 7.81. The summed E-state index contributed by atoms with van der Waals surface area (Å²) >= 11 is 0. The molecule has 0 radical (unpaired) electrons. The van der Waals surface area contributed by atoms with Gasteiger partial charge in [-0.15, -0.1) is 0 Å². The lowest BCUT2D eigenvalue weighted by atomic mass is 10.0. The largest absolute Gasteiger partial charge is 0.481 e. The van der Waals surface area contributed by atoms with Gasteiger partial charge in [0.05, 0.1) is 35.8 Å². The van der Waals surface area contributed by atoms with Gasteiger partial charge in [0.2, 0.25) is 5.88 Å². The molecule has 0 atom stereocenters. The Kier molecular flexibility index (Phi) is 5.28. The number of aromatic nitrogens is 1. The molecule has 2 aromatic carbocycles. The molecule has 4 rings (SSSR count). The van der Waals surface area contributed by atoms with Crippen LogP contribution in [0.15, 0.2) is 48.7 Å². The zero-order valence-corrected chi connectivity index (χ0v) is 17.5. The van der Waals surface area contributed by atoms with Crippen molar-refractivity contribution < 1.29 is 27.1 Å². The second-order valence-electron chi connectivity index (χ2n) is 7.48. The number of ether oxygens (including phenoxy) is 1. The van der Waals surface area contributed by atoms with E-state index in [1.54, 1.807) is 30.9 Å². The first kappa shape index (κ1) is 21.6. The molecule has 5 nitrogen and oxygen atoms in total. The molecule has 0 saturated carbocycles. The van der Waals surface area contributed by atoms with Crippen molar-refractivity contribution in [3.63, 3.8) is 0 Å². The summed E-state index contributed by atoms with van der Waals surface area (Å²) in [6.07, 6.45) is -3.12. The number of carbonyl (C=O) groups is 1. The van der Waals surface area contributed by atoms with Crippen LogP contribution in [-0.2, 0) is 6.18 Å². The monoisotopic (exact) mass is 445 g/mol. The highest BCUT2D eigenvalue weighted by atomic mass is 19.4. The SMILES string of the molecule is COc1ccc(N2CN(c3c(C)cc(F)cc3C)c3cc(C(F)(F)F)ccc3C2=O)cn1. The molecule has 1 aliphatic heterocycles. The molecule has 0 N–H and O–H groups in total. The van der Waals surface area contributed by atoms with E-state index in [-0.39, 0.29) is 17.9 Å². The van der Waals surface area contributed by atoms with Gasteiger partial charge >= 0.3 is 6.18 Å². The molecule has 1 amide bonds. The van der Waals surface area contributed by atoms with Gasteiger partial charge in [0.1, 0.15) is 12.5 Å². The molecule has 0 unspecified atom stereocenters. The van der Waals surface area contributed by atoms with Crippen LogP contribution in [0.25, 0.3) is 0 Å². The number of hydrogen-bond acceptors (Lipinski definition) is 4. The van der Waals surface area contributed by atoms with Gasteiger partial charge in [-0.3, -0.25) is 9.69 Å². The molecule has 1 aromatic heterocycles. The lowest BCUT2D eigenvalue weighted by molar-refractivity contribution is -0.137. The molecule has 0 aliphatic carbocycles. The van der Waals surface area contributed by atoms with Crippen molar-refractivity contribution >= 4 is 23.0 Å². The molecule has 0 saturated heterocycles. The van der Waals surface area contributed by atoms with Crippen LogP contribution in [0.5, 0.6) is 5.88 Å². The van der Waals surface area contributed by atoms with Crippen molar-refractivity contribution in [3.05, 3.63) is 76.7 Å². The average molecular weight is 445 g/mol. The third-order valence-electron chi connectivity index (χ3n) is 5.34. The lowest BCUT2D eigenvalue weighted by Crippen LogP contribution is -2.45. The molecular weight excluding hydrogens is 426 g/mol. The second-order valence-corrected chi connectivity index (χ2v) is 7.48. The molecule has 166 valence electrons. The van der Waals surface area contributed by atoms with Crippen molar-refractivity contribution in [2.75, 3.05) is 23.6 Å². The van der Waals surface area contributed by atoms with Gasteiger partial charge in [0.15, 0.2) is 0 Å². The van der Waals surface area contributed by atoms with Crippen molar-refractivity contribution in [3.8, 4) is 5.88 Å². The van der Waals surface area contributed by atoms with Crippen LogP contribution in [0.2, 0.25) is 0 Å². The molecule has 9 heteroatoms. The highest BCUT2D eigenvalue weighted by molar-refractivity contribution is 6.12. The Bertz CT molecular complexity index is 1170. The maximum Gasteiger partial charge on any atom is 0.416 e. The van der Waals surface area contributed by atoms with Crippen LogP contribution in [0.4, 0.5) is 34.6 Å². The Balaban J connectivity index is 1.91. The van der Waals surface area contributed by atoms with E-state index in [1.807, 2.05) is 0 Å². The van der Waals surface area contributed by atoms with Crippen LogP contribution in [0.3, 0.4) is 0 Å². The number of nitrogens with zero attached hydrogens (tertiary/aromatic N) is 3. The van der Waals surface area contributed by atoms with Gasteiger partial charge < -0.3 is 9.64 Å². The van der Waals surface area contributed by atoms with Gasteiger partial charge in [0.25, 0.3) is 5.91 Å². The van der Waals surface area contributed by atoms with Crippen molar-refractivity contribution in [2.45, 2.75) is 20.0 Å². The van der Waals surface area contributed by atoms with Crippen LogP contribution in [0.1, 0.15) is 27.0 Å². The predicted molar refractivity (Wildman–Crippen MR) is 112 cm³/mol. The third-order valence-corrected chi connectivity index (χ3v) is 5.34. The normalized spacial score (nSPS) is 13.9. The maximum absolute atomic E-state index is 13.9. The molecule has 0 bridgehead atoms. The summed E-state index contributed by atoms with van der Waals surface area (Å²) in [6, 6.07) is 8.86. The Morgan fingerprint density at radius 3 is 2.25 bits per heavy atom. The number of alkyl halides is 3. The van der Waals surface area contributed by atoms with Crippen LogP contribution >= 0.6 is 0 Å². The zero-order chi connectivity index (χ0) is 23.2. The summed E-state index contributed by atoms with van der Waals surface area (Å²) in [5.41, 5.74) is 1.39. The van der Waals surface area contributed by atoms with Crippen molar-refractivity contribution in [1.29, 1.82) is 0 Å². The number of rotatable bonds is 3. The fraction of sp³-hybridized carbons (Fsp3) is 0.217. The highest BCUT2D eigenvalue weighted by Crippen LogP contribution is 2.41. The number of fused-ring (bicyclic) bond motifs is 1. The Labute approximate surface area is 181 Å². The molecule has 0 fully saturated rings. The Hall–Kier alpha value is -3.62. The minimum absolute atomic E-state index is 0.0749. The van der Waals surface area contributed by atoms with Gasteiger partial charge in [-0.05, 0) is 61.4 Å². The summed E-state index contributed by atoms with van der Waals surface area (Å²) in [6.45, 7) is 3.28. The van der Waals surface area contributed by atoms with Crippen molar-refractivity contribution in [1.82, 2.24) is 4.98 Å². The summed E-state index contributed by atoms with van der Waals surface area (Å²) in [5, 5.41) is 0. The van der Waals surface area contributed by atoms with E-state index in [4.69, 9.17) is 4.74 Å². The Morgan fingerprint density at radius 2 is 1.69 bits per heavy atom. The zero-order valence-electron chi connectivity index (χ0n) is 17.5. The lowest BCUT2D eigenvalue weighted by Gasteiger charge is -2.39. The summed E-state index contributed by atoms with van der Waals surface area (Å²) < 4.78 is 59.2. The van der Waals surface area contributed by atoms with Gasteiger partial charge in [0, 0.05) is 11.8 Å². The fourth-order valence-electron chi connectivity index (χ4n) is 3.91. The molecule has 0 spiro atoms. The van der Waals surface area contributed by atoms with Gasteiger partial charge in [-0.25, -0.2) is 9.37 Å². The molecule has 3 aromatic rings. The minimum atomic E-state index is -4.58. The first-order chi connectivity index (χ1) is 15.1. The number of halogens is 4. The summed E-state index contributed by atoms with van der Waals surface area (Å²) in [5.74, 6) is -0.554. The molecule has 2 heterocycles. The number of pyridine rings is 1. The number of benzene rings is 2. The van der Waals surface area contributed by atoms with Gasteiger partial charge in [-0.2, -0.15) is 13.2 Å². The topological polar surface area (TPSA) is 45.7 Å². The number of anilines is 3. The van der Waals surface area contributed by atoms with E-state index in [0.29, 0.717) is 28.4 Å². The standard InChI is InChI=1S/C23H19F4N3O2/c1-13-8-16(24)9-14(2)21(13)30-12-29(17-5-7-20(32-3)28-11-17)22(31)18-6-4-15(10-19(18)30)23(25,26)27/h4-11H,12H2,1-3H3. The van der Waals surface area contributed by atoms with Gasteiger partial charge in [-0.1, -0.05) is 0 Å². The maximum atomic E-state index is 13.9. The summed E-state index contributed by atoms with van der Waals surface area (Å²) in [4.78, 5) is 20.4. The average Bonchev–Trinajstić information content (AvgIpc) is 2.74. The van der Waals surface area contributed by atoms with E-state index in [9.17, 15) is 22.4 Å². The van der Waals surface area contributed by atoms with Crippen LogP contribution < -0.4 is 14.5 Å². The fourth-order valence-corrected chi connectivity index (χ4v) is 3.91. The van der Waals surface area contributed by atoms with E-state index in [1.165, 1.54) is 36.4 Å². The molecular formula is C23H19F4N3O2. The first-order valence-electron chi connectivity index (χ1n) is 9.67. The minimum Gasteiger partial charge on any atom is -0.481 e. The first-order valence-corrected chi connectivity index (χ1v) is 9.67. The summed E-state index contributed by atoms with van der Waals surface area (Å²) in [7, 11) is 1.46. The predicted octanol–water partition coefficient (Wildman–Crippen LogP) is 5.62. The van der Waals surface area contributed by atoms with E-state index in [2.05, 4.69) is 4.98 Å². The Morgan fingerprint density at radius 1 is 1.00 bits per heavy atom. The molecule has 1 aliphatic rings. The number of hydrogen-bond donors (Lipinski definition) is 0. The number of methoxy groups -OCH3 is 1. The van der Waals surface area contributed by atoms with E-state index in [0.717, 1.165) is 12.1 Å². The number of aryl methyl sites for hydroxylation is 2. The highest BCUT2D eigenvalue weighted by Gasteiger charge is 2.37. The smallest absolute Gasteiger partial charge is 0.416 e. The van der Waals surface area contributed by atoms with E-state index < -0.39 is 23.5 Å². The number of carbonyl (C=O) groups excluding carboxylic acids is 1. The third kappa shape index (κ3) is 3.74. The molecule has 32 heavy (non-hydrogen) atoms. The van der Waals surface area contributed by atoms with Crippen LogP contribution in [0, 0.1) is 19.7 Å². The number of amides is 1. The van der Waals surface area contributed by atoms with Crippen LogP contribution in [-0.4, -0.2) is 24.7 Å².